The Morgan fingerprint density at radius 2 is 2.12 bits per heavy atom. The second-order valence-electron chi connectivity index (χ2n) is 6.66. The van der Waals surface area contributed by atoms with E-state index >= 15 is 0 Å². The highest BCUT2D eigenvalue weighted by molar-refractivity contribution is 5.93. The van der Waals surface area contributed by atoms with Crippen LogP contribution in [0, 0.1) is 11.8 Å². The molecule has 4 heterocycles. The number of ether oxygens (including phenoxy) is 1. The number of hydrogen-bond donors (Lipinski definition) is 1. The predicted molar refractivity (Wildman–Crippen MR) is 94.4 cm³/mol. The molecule has 0 bridgehead atoms. The van der Waals surface area contributed by atoms with Gasteiger partial charge in [-0.1, -0.05) is 6.07 Å². The lowest BCUT2D eigenvalue weighted by Gasteiger charge is -2.36. The Labute approximate surface area is 147 Å². The Kier molecular flexibility index (Phi) is 4.61. The van der Waals surface area contributed by atoms with Crippen LogP contribution >= 0.6 is 0 Å². The normalized spacial score (nSPS) is 25.4. The van der Waals surface area contributed by atoms with Crippen molar-refractivity contribution in [3.63, 3.8) is 0 Å². The fourth-order valence-electron chi connectivity index (χ4n) is 3.79. The number of nitrogens with one attached hydrogen (secondary N) is 1. The largest absolute Gasteiger partial charge is 0.376 e. The molecular formula is C19H22N4O2. The molecule has 2 aliphatic rings. The second-order valence-corrected chi connectivity index (χ2v) is 6.66. The zero-order valence-corrected chi connectivity index (χ0v) is 14.0. The average molecular weight is 338 g/mol. The van der Waals surface area contributed by atoms with Crippen molar-refractivity contribution in [3.05, 3.63) is 54.5 Å². The number of aromatic nitrogens is 2. The van der Waals surface area contributed by atoms with Crippen LogP contribution < -0.4 is 10.2 Å². The molecule has 0 aromatic carbocycles. The van der Waals surface area contributed by atoms with Crippen molar-refractivity contribution in [2.24, 2.45) is 11.8 Å². The standard InChI is InChI=1S/C19H22N4O2/c24-19(14-4-8-20-9-5-14)22-11-17-16-12-23(10-6-15(16)13-25-17)18-3-1-2-7-21-18/h1-5,7-9,15-17H,6,10-13H2,(H,22,24)/t15-,16-,17+/m1/s1. The van der Waals surface area contributed by atoms with Gasteiger partial charge in [-0.2, -0.15) is 0 Å². The number of pyridine rings is 2. The number of hydrogen-bond acceptors (Lipinski definition) is 5. The Morgan fingerprint density at radius 1 is 1.24 bits per heavy atom. The summed E-state index contributed by atoms with van der Waals surface area (Å²) in [5.74, 6) is 1.94. The van der Waals surface area contributed by atoms with Gasteiger partial charge in [-0.15, -0.1) is 0 Å². The Bertz CT molecular complexity index is 710. The first-order chi connectivity index (χ1) is 12.3. The quantitative estimate of drug-likeness (QED) is 0.920. The fraction of sp³-hybridized carbons (Fsp3) is 0.421. The maximum absolute atomic E-state index is 12.2. The van der Waals surface area contributed by atoms with Crippen LogP contribution in [0.2, 0.25) is 0 Å². The Balaban J connectivity index is 1.37. The summed E-state index contributed by atoms with van der Waals surface area (Å²) in [7, 11) is 0. The lowest BCUT2D eigenvalue weighted by atomic mass is 9.84. The molecule has 2 aliphatic heterocycles. The van der Waals surface area contributed by atoms with Gasteiger partial charge in [-0.3, -0.25) is 9.78 Å². The van der Waals surface area contributed by atoms with E-state index < -0.39 is 0 Å². The van der Waals surface area contributed by atoms with E-state index in [1.54, 1.807) is 24.5 Å². The minimum atomic E-state index is -0.0770. The van der Waals surface area contributed by atoms with Crippen molar-refractivity contribution >= 4 is 11.7 Å². The Morgan fingerprint density at radius 3 is 2.92 bits per heavy atom. The van der Waals surface area contributed by atoms with E-state index in [1.807, 2.05) is 18.3 Å². The number of rotatable bonds is 4. The molecule has 6 heteroatoms. The highest BCUT2D eigenvalue weighted by Gasteiger charge is 2.41. The van der Waals surface area contributed by atoms with Crippen molar-refractivity contribution in [2.75, 3.05) is 31.1 Å². The van der Waals surface area contributed by atoms with Gasteiger partial charge in [0.05, 0.1) is 12.7 Å². The third-order valence-electron chi connectivity index (χ3n) is 5.19. The summed E-state index contributed by atoms with van der Waals surface area (Å²) in [5, 5.41) is 3.00. The summed E-state index contributed by atoms with van der Waals surface area (Å²) in [4.78, 5) is 23.0. The van der Waals surface area contributed by atoms with Crippen molar-refractivity contribution < 1.29 is 9.53 Å². The highest BCUT2D eigenvalue weighted by atomic mass is 16.5. The van der Waals surface area contributed by atoms with Gasteiger partial charge >= 0.3 is 0 Å². The number of nitrogens with zero attached hydrogens (tertiary/aromatic N) is 3. The van der Waals surface area contributed by atoms with Gasteiger partial charge in [0.15, 0.2) is 0 Å². The summed E-state index contributed by atoms with van der Waals surface area (Å²) < 4.78 is 6.00. The highest BCUT2D eigenvalue weighted by Crippen LogP contribution is 2.35. The summed E-state index contributed by atoms with van der Waals surface area (Å²) in [6, 6.07) is 9.45. The smallest absolute Gasteiger partial charge is 0.251 e. The van der Waals surface area contributed by atoms with Crippen LogP contribution in [0.25, 0.3) is 0 Å². The van der Waals surface area contributed by atoms with Crippen LogP contribution in [0.1, 0.15) is 16.8 Å². The molecule has 1 N–H and O–H groups in total. The van der Waals surface area contributed by atoms with Crippen molar-refractivity contribution in [1.82, 2.24) is 15.3 Å². The zero-order chi connectivity index (χ0) is 17.1. The molecule has 2 fully saturated rings. The topological polar surface area (TPSA) is 67.3 Å². The number of anilines is 1. The second kappa shape index (κ2) is 7.19. The van der Waals surface area contributed by atoms with E-state index in [-0.39, 0.29) is 12.0 Å². The van der Waals surface area contributed by atoms with Gasteiger partial charge in [0, 0.05) is 49.7 Å². The molecule has 0 radical (unpaired) electrons. The number of amides is 1. The number of carbonyl (C=O) groups excluding carboxylic acids is 1. The summed E-state index contributed by atoms with van der Waals surface area (Å²) >= 11 is 0. The lowest BCUT2D eigenvalue weighted by Crippen LogP contribution is -2.45. The fourth-order valence-corrected chi connectivity index (χ4v) is 3.79. The summed E-state index contributed by atoms with van der Waals surface area (Å²) in [6.07, 6.45) is 6.25. The van der Waals surface area contributed by atoms with E-state index in [9.17, 15) is 4.79 Å². The van der Waals surface area contributed by atoms with E-state index in [2.05, 4.69) is 26.3 Å². The SMILES string of the molecule is O=C(NC[C@@H]1OC[C@H]2CCN(c3ccccn3)C[C@H]21)c1ccncc1. The average Bonchev–Trinajstić information content (AvgIpc) is 3.10. The first-order valence-corrected chi connectivity index (χ1v) is 8.77. The molecule has 0 spiro atoms. The molecule has 6 nitrogen and oxygen atoms in total. The lowest BCUT2D eigenvalue weighted by molar-refractivity contribution is 0.0782. The number of fused-ring (bicyclic) bond motifs is 1. The van der Waals surface area contributed by atoms with Crippen LogP contribution in [-0.4, -0.2) is 48.2 Å². The maximum atomic E-state index is 12.2. The minimum Gasteiger partial charge on any atom is -0.376 e. The molecule has 2 aromatic rings. The van der Waals surface area contributed by atoms with Gasteiger partial charge < -0.3 is 15.0 Å². The van der Waals surface area contributed by atoms with Crippen molar-refractivity contribution in [1.29, 1.82) is 0 Å². The maximum Gasteiger partial charge on any atom is 0.251 e. The van der Waals surface area contributed by atoms with Crippen molar-refractivity contribution in [3.8, 4) is 0 Å². The third-order valence-corrected chi connectivity index (χ3v) is 5.19. The molecule has 2 saturated heterocycles. The summed E-state index contributed by atoms with van der Waals surface area (Å²) in [5.41, 5.74) is 0.628. The van der Waals surface area contributed by atoms with Crippen molar-refractivity contribution in [2.45, 2.75) is 12.5 Å². The first kappa shape index (κ1) is 16.0. The third kappa shape index (κ3) is 3.49. The van der Waals surface area contributed by atoms with E-state index in [0.717, 1.165) is 31.9 Å². The monoisotopic (exact) mass is 338 g/mol. The van der Waals surface area contributed by atoms with E-state index in [1.165, 1.54) is 0 Å². The van der Waals surface area contributed by atoms with Crippen LogP contribution in [-0.2, 0) is 4.74 Å². The first-order valence-electron chi connectivity index (χ1n) is 8.77. The van der Waals surface area contributed by atoms with Gasteiger partial charge in [-0.05, 0) is 36.6 Å². The predicted octanol–water partition coefficient (Wildman–Crippen LogP) is 1.75. The molecule has 25 heavy (non-hydrogen) atoms. The van der Waals surface area contributed by atoms with Crippen LogP contribution in [0.4, 0.5) is 5.82 Å². The molecule has 0 aliphatic carbocycles. The van der Waals surface area contributed by atoms with E-state index in [4.69, 9.17) is 4.74 Å². The van der Waals surface area contributed by atoms with Crippen LogP contribution in [0.15, 0.2) is 48.9 Å². The number of carbonyl (C=O) groups is 1. The molecule has 0 saturated carbocycles. The minimum absolute atomic E-state index is 0.0577. The van der Waals surface area contributed by atoms with E-state index in [0.29, 0.717) is 23.9 Å². The van der Waals surface area contributed by atoms with Crippen LogP contribution in [0.3, 0.4) is 0 Å². The molecule has 130 valence electrons. The Hall–Kier alpha value is -2.47. The summed E-state index contributed by atoms with van der Waals surface area (Å²) in [6.45, 7) is 3.27. The molecular weight excluding hydrogens is 316 g/mol. The van der Waals surface area contributed by atoms with Gasteiger partial charge in [0.25, 0.3) is 5.91 Å². The zero-order valence-electron chi connectivity index (χ0n) is 14.0. The van der Waals surface area contributed by atoms with Gasteiger partial charge in [0.2, 0.25) is 0 Å². The molecule has 3 atom stereocenters. The molecule has 4 rings (SSSR count). The number of piperidine rings is 1. The molecule has 1 amide bonds. The van der Waals surface area contributed by atoms with Gasteiger partial charge in [0.1, 0.15) is 5.82 Å². The molecule has 0 unspecified atom stereocenters. The van der Waals surface area contributed by atoms with Gasteiger partial charge in [-0.25, -0.2) is 4.98 Å². The molecule has 2 aromatic heterocycles. The van der Waals surface area contributed by atoms with Crippen LogP contribution in [0.5, 0.6) is 0 Å².